The second-order valence-corrected chi connectivity index (χ2v) is 11.5. The van der Waals surface area contributed by atoms with Gasteiger partial charge in [0.25, 0.3) is 11.5 Å². The number of hydrazone groups is 1. The predicted octanol–water partition coefficient (Wildman–Crippen LogP) is 1.17. The second kappa shape index (κ2) is 10.5. The molecule has 0 unspecified atom stereocenters. The van der Waals surface area contributed by atoms with Gasteiger partial charge in [-0.2, -0.15) is 5.10 Å². The Hall–Kier alpha value is -5.64. The quantitative estimate of drug-likeness (QED) is 0.0959. The lowest BCUT2D eigenvalue weighted by atomic mass is 9.76. The van der Waals surface area contributed by atoms with Crippen molar-refractivity contribution in [3.05, 3.63) is 71.8 Å². The summed E-state index contributed by atoms with van der Waals surface area (Å²) in [6, 6.07) is 1.42. The van der Waals surface area contributed by atoms with Crippen LogP contribution in [-0.2, 0) is 26.2 Å². The number of H-pyrrole nitrogens is 1. The van der Waals surface area contributed by atoms with Gasteiger partial charge < -0.3 is 30.4 Å². The summed E-state index contributed by atoms with van der Waals surface area (Å²) in [5, 5.41) is 39.7. The average Bonchev–Trinajstić information content (AvgIpc) is 3.51. The van der Waals surface area contributed by atoms with Crippen LogP contribution >= 0.6 is 15.9 Å². The van der Waals surface area contributed by atoms with Crippen LogP contribution in [0.25, 0.3) is 10.8 Å². The number of aromatic amines is 1. The van der Waals surface area contributed by atoms with Gasteiger partial charge in [-0.3, -0.25) is 33.6 Å². The van der Waals surface area contributed by atoms with E-state index in [1.54, 1.807) is 0 Å². The first-order chi connectivity index (χ1) is 21.8. The number of hydrogen-bond acceptors (Lipinski definition) is 12. The van der Waals surface area contributed by atoms with Gasteiger partial charge in [-0.15, -0.1) is 0 Å². The normalized spacial score (nSPS) is 18.2. The first-order valence-corrected chi connectivity index (χ1v) is 14.3. The summed E-state index contributed by atoms with van der Waals surface area (Å²) in [5.41, 5.74) is -3.44. The minimum Gasteiger partial charge on any atom is -0.507 e. The number of ketones is 4. The Morgan fingerprint density at radius 3 is 2.33 bits per heavy atom. The molecular formula is C30H21BrN4O11. The number of allylic oxidation sites excluding steroid dienone is 2. The van der Waals surface area contributed by atoms with E-state index < -0.39 is 91.2 Å². The van der Waals surface area contributed by atoms with Crippen molar-refractivity contribution in [2.75, 3.05) is 13.7 Å². The maximum Gasteiger partial charge on any atom is 0.260 e. The zero-order chi connectivity index (χ0) is 33.4. The number of carbonyl (C=O) groups excluding carboxylic acids is 6. The number of halogens is 1. The van der Waals surface area contributed by atoms with Gasteiger partial charge in [0.15, 0.2) is 23.1 Å². The molecule has 1 atom stereocenters. The van der Waals surface area contributed by atoms with E-state index >= 15 is 0 Å². The molecule has 1 spiro atoms. The number of benzene rings is 2. The summed E-state index contributed by atoms with van der Waals surface area (Å²) < 4.78 is 5.16. The van der Waals surface area contributed by atoms with Crippen LogP contribution in [0.5, 0.6) is 17.2 Å². The second-order valence-electron chi connectivity index (χ2n) is 10.7. The molecule has 1 heterocycles. The fraction of sp³-hybridized carbons (Fsp3) is 0.200. The molecular weight excluding hydrogens is 672 g/mol. The van der Waals surface area contributed by atoms with Crippen molar-refractivity contribution in [2.24, 2.45) is 5.10 Å². The number of phenolic OH excluding ortho intramolecular Hbond substituents is 3. The largest absolute Gasteiger partial charge is 0.507 e. The molecule has 234 valence electrons. The van der Waals surface area contributed by atoms with Gasteiger partial charge in [-0.25, -0.2) is 5.43 Å². The van der Waals surface area contributed by atoms with E-state index in [1.807, 2.05) is 0 Å². The van der Waals surface area contributed by atoms with Crippen LogP contribution in [-0.4, -0.2) is 75.1 Å². The molecule has 6 rings (SSSR count). The minimum atomic E-state index is -2.20. The third-order valence-electron chi connectivity index (χ3n) is 8.25. The predicted molar refractivity (Wildman–Crippen MR) is 161 cm³/mol. The fourth-order valence-electron chi connectivity index (χ4n) is 6.29. The van der Waals surface area contributed by atoms with Crippen LogP contribution in [0.4, 0.5) is 0 Å². The Labute approximate surface area is 265 Å². The van der Waals surface area contributed by atoms with E-state index in [0.717, 1.165) is 19.4 Å². The Bertz CT molecular complexity index is 2160. The molecule has 2 aromatic carbocycles. The van der Waals surface area contributed by atoms with Crippen LogP contribution in [0.3, 0.4) is 0 Å². The van der Waals surface area contributed by atoms with Gasteiger partial charge in [0.05, 0.1) is 53.2 Å². The van der Waals surface area contributed by atoms with Crippen molar-refractivity contribution in [3.63, 3.8) is 0 Å². The number of pyridine rings is 1. The Morgan fingerprint density at radius 1 is 1.04 bits per heavy atom. The number of methoxy groups -OCH3 is 1. The van der Waals surface area contributed by atoms with Gasteiger partial charge in [-0.1, -0.05) is 0 Å². The number of amides is 2. The summed E-state index contributed by atoms with van der Waals surface area (Å²) >= 11 is 3.43. The minimum absolute atomic E-state index is 0.0226. The number of carbonyl (C=O) groups is 6. The van der Waals surface area contributed by atoms with Gasteiger partial charge in [-0.05, 0) is 40.4 Å². The summed E-state index contributed by atoms with van der Waals surface area (Å²) in [6.45, 7) is 0.908. The topological polar surface area (TPSA) is 242 Å². The molecule has 3 aromatic rings. The first-order valence-electron chi connectivity index (χ1n) is 13.5. The summed E-state index contributed by atoms with van der Waals surface area (Å²) in [6.07, 6.45) is 1.69. The smallest absolute Gasteiger partial charge is 0.260 e. The highest BCUT2D eigenvalue weighted by atomic mass is 79.9. The van der Waals surface area contributed by atoms with Crippen LogP contribution in [0.15, 0.2) is 32.3 Å². The highest BCUT2D eigenvalue weighted by molar-refractivity contribution is 9.10. The Morgan fingerprint density at radius 2 is 1.70 bits per heavy atom. The number of ether oxygens (including phenoxy) is 1. The van der Waals surface area contributed by atoms with Crippen LogP contribution in [0.2, 0.25) is 0 Å². The molecule has 0 aliphatic heterocycles. The van der Waals surface area contributed by atoms with E-state index in [9.17, 15) is 48.9 Å². The van der Waals surface area contributed by atoms with Crippen LogP contribution in [0.1, 0.15) is 71.6 Å². The highest BCUT2D eigenvalue weighted by Crippen LogP contribution is 2.58. The highest BCUT2D eigenvalue weighted by Gasteiger charge is 2.62. The maximum absolute atomic E-state index is 14.2. The van der Waals surface area contributed by atoms with Gasteiger partial charge in [0, 0.05) is 28.4 Å². The van der Waals surface area contributed by atoms with Crippen LogP contribution in [0, 0.1) is 0 Å². The van der Waals surface area contributed by atoms with Crippen molar-refractivity contribution in [1.29, 1.82) is 0 Å². The standard InChI is InChI=1S/C30H21BrN4O11/c1-9(36)32-8-15(38)35-33-7-10-5-12-16(29(45)34-10)26(42)21-11(22(12)31)3-4-30(21)27(43)19-20(28(30)44)25(41)18-17(24(19)40)13(37)6-14(46-2)23(18)39/h5-7,40-42H,3-4,8H2,1-2H3,(H,32,36)(H,34,45)(H,35,38)/b33-7+/t30-/m0/s1. The molecule has 3 aliphatic rings. The summed E-state index contributed by atoms with van der Waals surface area (Å²) in [5.74, 6) is -8.16. The number of phenols is 3. The summed E-state index contributed by atoms with van der Waals surface area (Å²) in [4.78, 5) is 92.6. The molecule has 3 aliphatic carbocycles. The molecule has 0 saturated heterocycles. The number of rotatable bonds is 5. The van der Waals surface area contributed by atoms with Crippen molar-refractivity contribution < 1.29 is 48.8 Å². The SMILES string of the molecule is COC1=CC(=O)c2c(O)c3c(c(O)c2C1=O)C(=O)[C@]1(CCc2c1c(O)c1c(=O)[nH]c(/C=N/NC(=O)CNC(C)=O)cc1c2Br)C3=O. The number of hydrogen-bond donors (Lipinski definition) is 6. The molecule has 6 N–H and O–H groups in total. The Kier molecular flexibility index (Phi) is 6.92. The average molecular weight is 693 g/mol. The monoisotopic (exact) mass is 692 g/mol. The van der Waals surface area contributed by atoms with E-state index in [0.29, 0.717) is 0 Å². The van der Waals surface area contributed by atoms with Crippen molar-refractivity contribution in [2.45, 2.75) is 25.2 Å². The van der Waals surface area contributed by atoms with Gasteiger partial charge in [0.2, 0.25) is 11.7 Å². The molecule has 1 aromatic heterocycles. The lowest BCUT2D eigenvalue weighted by Crippen LogP contribution is -2.36. The van der Waals surface area contributed by atoms with Gasteiger partial charge >= 0.3 is 0 Å². The lowest BCUT2D eigenvalue weighted by molar-refractivity contribution is -0.125. The number of fused-ring (bicyclic) bond motifs is 5. The zero-order valence-corrected chi connectivity index (χ0v) is 25.4. The molecule has 0 fully saturated rings. The van der Waals surface area contributed by atoms with E-state index in [1.165, 1.54) is 13.0 Å². The molecule has 0 bridgehead atoms. The van der Waals surface area contributed by atoms with E-state index in [-0.39, 0.29) is 51.5 Å². The first kappa shape index (κ1) is 30.4. The van der Waals surface area contributed by atoms with Crippen molar-refractivity contribution >= 4 is 67.9 Å². The number of nitrogens with zero attached hydrogens (tertiary/aromatic N) is 1. The van der Waals surface area contributed by atoms with Crippen molar-refractivity contribution in [3.8, 4) is 17.2 Å². The number of nitrogens with one attached hydrogen (secondary N) is 3. The molecule has 46 heavy (non-hydrogen) atoms. The van der Waals surface area contributed by atoms with E-state index in [2.05, 4.69) is 36.8 Å². The molecule has 0 radical (unpaired) electrons. The number of aromatic nitrogens is 1. The zero-order valence-electron chi connectivity index (χ0n) is 23.8. The molecule has 16 heteroatoms. The summed E-state index contributed by atoms with van der Waals surface area (Å²) in [7, 11) is 1.11. The van der Waals surface area contributed by atoms with Gasteiger partial charge in [0.1, 0.15) is 22.7 Å². The van der Waals surface area contributed by atoms with Crippen molar-refractivity contribution in [1.82, 2.24) is 15.7 Å². The third-order valence-corrected chi connectivity index (χ3v) is 9.16. The van der Waals surface area contributed by atoms with Crippen LogP contribution < -0.4 is 16.3 Å². The molecule has 0 saturated carbocycles. The maximum atomic E-state index is 14.2. The third kappa shape index (κ3) is 4.02. The number of aromatic hydroxyl groups is 3. The lowest BCUT2D eigenvalue weighted by Gasteiger charge is -2.23. The molecule has 15 nitrogen and oxygen atoms in total. The Balaban J connectivity index is 1.48. The number of Topliss-reactive ketones (excluding diaryl/α,β-unsaturated/α-hetero) is 3. The molecule has 2 amide bonds. The van der Waals surface area contributed by atoms with E-state index in [4.69, 9.17) is 4.74 Å². The fourth-order valence-corrected chi connectivity index (χ4v) is 7.00.